The molecule has 9 heavy (non-hydrogen) atoms. The minimum atomic E-state index is 0.0428. The maximum absolute atomic E-state index is 10.0. The average Bonchev–Trinajstić information content (AvgIpc) is 1.89. The van der Waals surface area contributed by atoms with Gasteiger partial charge < -0.3 is 4.79 Å². The van der Waals surface area contributed by atoms with Gasteiger partial charge in [0.05, 0.1) is 0 Å². The molecule has 0 aliphatic rings. The highest BCUT2D eigenvalue weighted by molar-refractivity contribution is 5.55. The van der Waals surface area contributed by atoms with Crippen molar-refractivity contribution in [1.82, 2.24) is 0 Å². The number of hydrogen-bond acceptors (Lipinski definition) is 1. The Bertz CT molecular complexity index is 123. The second-order valence-corrected chi connectivity index (χ2v) is 1.91. The van der Waals surface area contributed by atoms with Crippen molar-refractivity contribution in [1.29, 1.82) is 0 Å². The monoisotopic (exact) mass is 124 g/mol. The molecule has 0 N–H and O–H groups in total. The van der Waals surface area contributed by atoms with Crippen molar-refractivity contribution in [3.8, 4) is 0 Å². The lowest BCUT2D eigenvalue weighted by Gasteiger charge is -1.87. The summed E-state index contributed by atoms with van der Waals surface area (Å²) in [4.78, 5) is 10.0. The predicted molar refractivity (Wildman–Crippen MR) is 39.2 cm³/mol. The fraction of sp³-hybridized carbons (Fsp3) is 0.375. The summed E-state index contributed by atoms with van der Waals surface area (Å²) in [6, 6.07) is 0. The van der Waals surface area contributed by atoms with Gasteiger partial charge in [-0.25, -0.2) is 0 Å². The number of allylic oxidation sites excluding steroid dienone is 4. The molecule has 0 aliphatic carbocycles. The Balaban J connectivity index is 3.55. The molecule has 0 saturated carbocycles. The smallest absolute Gasteiger partial charge is 0.126 e. The van der Waals surface area contributed by atoms with Crippen LogP contribution in [-0.4, -0.2) is 6.29 Å². The highest BCUT2D eigenvalue weighted by Gasteiger charge is 1.87. The molecule has 0 aliphatic heterocycles. The average molecular weight is 124 g/mol. The maximum Gasteiger partial charge on any atom is 0.126 e. The standard InChI is InChI=1S/C8H12O/c1-3-4-5-6-8(2)7-9/h3-8H,1-2H3/b4-3-,6-5-. The summed E-state index contributed by atoms with van der Waals surface area (Å²) < 4.78 is 0. The van der Waals surface area contributed by atoms with Gasteiger partial charge in [0.25, 0.3) is 0 Å². The normalized spacial score (nSPS) is 14.9. The first kappa shape index (κ1) is 8.15. The molecule has 1 unspecified atom stereocenters. The largest absolute Gasteiger partial charge is 0.303 e. The van der Waals surface area contributed by atoms with Crippen LogP contribution in [0.3, 0.4) is 0 Å². The van der Waals surface area contributed by atoms with Gasteiger partial charge in [0.2, 0.25) is 0 Å². The molecule has 50 valence electrons. The van der Waals surface area contributed by atoms with Crippen molar-refractivity contribution in [2.75, 3.05) is 0 Å². The van der Waals surface area contributed by atoms with Crippen molar-refractivity contribution < 1.29 is 4.79 Å². The molecule has 0 aromatic heterocycles. The predicted octanol–water partition coefficient (Wildman–Crippen LogP) is 1.95. The van der Waals surface area contributed by atoms with E-state index in [2.05, 4.69) is 0 Å². The van der Waals surface area contributed by atoms with E-state index in [1.165, 1.54) is 0 Å². The van der Waals surface area contributed by atoms with Crippen molar-refractivity contribution in [2.24, 2.45) is 5.92 Å². The Morgan fingerprint density at radius 3 is 2.44 bits per heavy atom. The molecule has 0 rings (SSSR count). The number of carbonyl (C=O) groups excluding carboxylic acids is 1. The Hall–Kier alpha value is -0.850. The van der Waals surface area contributed by atoms with Crippen LogP contribution in [-0.2, 0) is 4.79 Å². The summed E-state index contributed by atoms with van der Waals surface area (Å²) >= 11 is 0. The first-order valence-corrected chi connectivity index (χ1v) is 3.06. The second kappa shape index (κ2) is 5.29. The van der Waals surface area contributed by atoms with Crippen molar-refractivity contribution in [3.63, 3.8) is 0 Å². The van der Waals surface area contributed by atoms with E-state index in [-0.39, 0.29) is 5.92 Å². The van der Waals surface area contributed by atoms with E-state index in [1.54, 1.807) is 0 Å². The van der Waals surface area contributed by atoms with E-state index in [9.17, 15) is 4.79 Å². The zero-order chi connectivity index (χ0) is 7.11. The van der Waals surface area contributed by atoms with Crippen LogP contribution in [0.15, 0.2) is 24.3 Å². The lowest BCUT2D eigenvalue weighted by atomic mass is 10.2. The van der Waals surface area contributed by atoms with Crippen LogP contribution in [0.4, 0.5) is 0 Å². The van der Waals surface area contributed by atoms with E-state index in [1.807, 2.05) is 38.2 Å². The van der Waals surface area contributed by atoms with Crippen LogP contribution in [0, 0.1) is 5.92 Å². The van der Waals surface area contributed by atoms with Gasteiger partial charge in [-0.2, -0.15) is 0 Å². The van der Waals surface area contributed by atoms with E-state index in [0.717, 1.165) is 6.29 Å². The Morgan fingerprint density at radius 1 is 1.33 bits per heavy atom. The fourth-order valence-corrected chi connectivity index (χ4v) is 0.396. The minimum absolute atomic E-state index is 0.0428. The molecule has 0 radical (unpaired) electrons. The van der Waals surface area contributed by atoms with Crippen molar-refractivity contribution >= 4 is 6.29 Å². The number of rotatable bonds is 3. The Morgan fingerprint density at radius 2 is 2.00 bits per heavy atom. The molecule has 0 saturated heterocycles. The first-order valence-electron chi connectivity index (χ1n) is 3.06. The molecule has 0 aromatic rings. The zero-order valence-corrected chi connectivity index (χ0v) is 5.87. The third-order valence-electron chi connectivity index (χ3n) is 0.933. The van der Waals surface area contributed by atoms with E-state index in [4.69, 9.17) is 0 Å². The molecule has 0 heterocycles. The van der Waals surface area contributed by atoms with Crippen LogP contribution < -0.4 is 0 Å². The molecular formula is C8H12O. The number of hydrogen-bond donors (Lipinski definition) is 0. The lowest BCUT2D eigenvalue weighted by Crippen LogP contribution is -1.87. The first-order chi connectivity index (χ1) is 4.31. The van der Waals surface area contributed by atoms with Crippen LogP contribution in [0.1, 0.15) is 13.8 Å². The van der Waals surface area contributed by atoms with E-state index in [0.29, 0.717) is 0 Å². The molecule has 0 spiro atoms. The summed E-state index contributed by atoms with van der Waals surface area (Å²) in [6.45, 7) is 3.79. The van der Waals surface area contributed by atoms with Gasteiger partial charge in [-0.3, -0.25) is 0 Å². The number of aldehydes is 1. The Labute approximate surface area is 56.1 Å². The fourth-order valence-electron chi connectivity index (χ4n) is 0.396. The second-order valence-electron chi connectivity index (χ2n) is 1.91. The molecule has 0 aromatic carbocycles. The van der Waals surface area contributed by atoms with Gasteiger partial charge in [0.1, 0.15) is 6.29 Å². The van der Waals surface area contributed by atoms with Crippen LogP contribution in [0.25, 0.3) is 0 Å². The summed E-state index contributed by atoms with van der Waals surface area (Å²) in [7, 11) is 0. The molecular weight excluding hydrogens is 112 g/mol. The molecule has 0 fully saturated rings. The molecule has 1 nitrogen and oxygen atoms in total. The third kappa shape index (κ3) is 5.01. The van der Waals surface area contributed by atoms with Crippen LogP contribution in [0.2, 0.25) is 0 Å². The molecule has 0 amide bonds. The van der Waals surface area contributed by atoms with Gasteiger partial charge in [-0.05, 0) is 6.92 Å². The molecule has 1 atom stereocenters. The quantitative estimate of drug-likeness (QED) is 0.415. The highest BCUT2D eigenvalue weighted by atomic mass is 16.1. The molecule has 0 bridgehead atoms. The maximum atomic E-state index is 10.0. The topological polar surface area (TPSA) is 17.1 Å². The van der Waals surface area contributed by atoms with E-state index >= 15 is 0 Å². The lowest BCUT2D eigenvalue weighted by molar-refractivity contribution is -0.109. The minimum Gasteiger partial charge on any atom is -0.303 e. The third-order valence-corrected chi connectivity index (χ3v) is 0.933. The SMILES string of the molecule is C/C=C\C=C/C(C)C=O. The van der Waals surface area contributed by atoms with E-state index < -0.39 is 0 Å². The van der Waals surface area contributed by atoms with Crippen molar-refractivity contribution in [2.45, 2.75) is 13.8 Å². The summed E-state index contributed by atoms with van der Waals surface area (Å²) in [5, 5.41) is 0. The number of carbonyl (C=O) groups is 1. The van der Waals surface area contributed by atoms with Crippen LogP contribution >= 0.6 is 0 Å². The van der Waals surface area contributed by atoms with Gasteiger partial charge in [-0.1, -0.05) is 31.2 Å². The van der Waals surface area contributed by atoms with Crippen LogP contribution in [0.5, 0.6) is 0 Å². The molecule has 1 heteroatoms. The zero-order valence-electron chi connectivity index (χ0n) is 5.87. The van der Waals surface area contributed by atoms with Gasteiger partial charge in [0.15, 0.2) is 0 Å². The van der Waals surface area contributed by atoms with Gasteiger partial charge in [0, 0.05) is 5.92 Å². The van der Waals surface area contributed by atoms with Crippen molar-refractivity contribution in [3.05, 3.63) is 24.3 Å². The van der Waals surface area contributed by atoms with Gasteiger partial charge in [-0.15, -0.1) is 0 Å². The van der Waals surface area contributed by atoms with Gasteiger partial charge >= 0.3 is 0 Å². The summed E-state index contributed by atoms with van der Waals surface area (Å²) in [5.41, 5.74) is 0. The summed E-state index contributed by atoms with van der Waals surface area (Å²) in [5.74, 6) is 0.0428. The highest BCUT2D eigenvalue weighted by Crippen LogP contribution is 1.90. The Kier molecular flexibility index (Phi) is 4.79. The summed E-state index contributed by atoms with van der Waals surface area (Å²) in [6.07, 6.45) is 8.47.